The third kappa shape index (κ3) is 6.90. The number of halogens is 1. The minimum Gasteiger partial charge on any atom is -1.00 e. The summed E-state index contributed by atoms with van der Waals surface area (Å²) in [7, 11) is 0. The van der Waals surface area contributed by atoms with Gasteiger partial charge in [-0.25, -0.2) is 0 Å². The summed E-state index contributed by atoms with van der Waals surface area (Å²) in [5, 5.41) is 9.83. The van der Waals surface area contributed by atoms with E-state index in [1.54, 1.807) is 0 Å². The van der Waals surface area contributed by atoms with Gasteiger partial charge in [-0.2, -0.15) is 0 Å². The molecule has 0 fully saturated rings. The second-order valence-electron chi connectivity index (χ2n) is 11.7. The van der Waals surface area contributed by atoms with Crippen LogP contribution in [0.3, 0.4) is 0 Å². The molecular weight excluding hydrogens is 795 g/mol. The molecule has 6 aromatic carbocycles. The SMILES string of the molecule is [Cl-].[Pt+2].c1ccc2c(COCc3ccnc(-c4cc(COCc5c6ccccc6cc6ccccc56)ccn4)c3)c3ccccc3cc2c1. The fraction of sp³-hybridized carbons (Fsp3) is 0.0952. The third-order valence-corrected chi connectivity index (χ3v) is 8.71. The predicted molar refractivity (Wildman–Crippen MR) is 187 cm³/mol. The Morgan fingerprint density at radius 1 is 0.396 bits per heavy atom. The number of hydrogen-bond donors (Lipinski definition) is 0. The predicted octanol–water partition coefficient (Wildman–Crippen LogP) is 7.19. The zero-order valence-corrected chi connectivity index (χ0v) is 29.1. The minimum atomic E-state index is 0. The van der Waals surface area contributed by atoms with Gasteiger partial charge in [0, 0.05) is 12.4 Å². The van der Waals surface area contributed by atoms with Crippen molar-refractivity contribution in [1.29, 1.82) is 0 Å². The number of nitrogens with zero attached hydrogens (tertiary/aromatic N) is 2. The summed E-state index contributed by atoms with van der Waals surface area (Å²) >= 11 is 0. The Kier molecular flexibility index (Phi) is 10.6. The summed E-state index contributed by atoms with van der Waals surface area (Å²) in [6.07, 6.45) is 3.66. The van der Waals surface area contributed by atoms with Gasteiger partial charge in [-0.1, -0.05) is 97.1 Å². The summed E-state index contributed by atoms with van der Waals surface area (Å²) in [6.45, 7) is 2.01. The van der Waals surface area contributed by atoms with Gasteiger partial charge in [0.15, 0.2) is 0 Å². The van der Waals surface area contributed by atoms with E-state index in [0.717, 1.165) is 22.5 Å². The second-order valence-corrected chi connectivity index (χ2v) is 11.7. The van der Waals surface area contributed by atoms with Crippen molar-refractivity contribution in [3.63, 3.8) is 0 Å². The molecule has 0 spiro atoms. The standard InChI is InChI=1S/C42H32N2O2.ClH.Pt/c1-5-13-35-31(9-1)23-32-10-2-6-14-36(32)39(35)27-45-25-29-17-19-43-41(21-29)42-22-30(18-20-44-42)26-46-28-40-37-15-7-3-11-33(37)24-34-12-4-8-16-38(34)40;;/h1-24H,25-28H2;1H;/q;;+2/p-1. The molecular formula is C42H32ClN2O2Pt+. The van der Waals surface area contributed by atoms with Crippen LogP contribution in [0.4, 0.5) is 0 Å². The molecule has 0 aliphatic rings. The molecule has 0 N–H and O–H groups in total. The van der Waals surface area contributed by atoms with Gasteiger partial charge >= 0.3 is 21.1 Å². The van der Waals surface area contributed by atoms with Crippen LogP contribution in [0.15, 0.2) is 146 Å². The van der Waals surface area contributed by atoms with Crippen molar-refractivity contribution in [2.24, 2.45) is 0 Å². The molecule has 0 radical (unpaired) electrons. The molecule has 8 rings (SSSR count). The number of rotatable bonds is 9. The Hall–Kier alpha value is -4.44. The molecule has 8 aromatic rings. The van der Waals surface area contributed by atoms with Crippen molar-refractivity contribution in [1.82, 2.24) is 9.97 Å². The molecule has 6 heteroatoms. The molecule has 0 unspecified atom stereocenters. The van der Waals surface area contributed by atoms with Gasteiger partial charge in [-0.15, -0.1) is 0 Å². The molecule has 0 saturated heterocycles. The normalized spacial score (nSPS) is 11.1. The smallest absolute Gasteiger partial charge is 1.00 e. The van der Waals surface area contributed by atoms with Crippen LogP contribution in [-0.2, 0) is 57.0 Å². The maximum absolute atomic E-state index is 6.32. The van der Waals surface area contributed by atoms with E-state index < -0.39 is 0 Å². The van der Waals surface area contributed by atoms with Crippen LogP contribution in [0.25, 0.3) is 54.5 Å². The van der Waals surface area contributed by atoms with E-state index in [1.807, 2.05) is 24.5 Å². The van der Waals surface area contributed by atoms with Gasteiger partial charge in [-0.3, -0.25) is 9.97 Å². The number of aromatic nitrogens is 2. The van der Waals surface area contributed by atoms with Crippen LogP contribution in [0.2, 0.25) is 0 Å². The number of fused-ring (bicyclic) bond motifs is 4. The summed E-state index contributed by atoms with van der Waals surface area (Å²) in [5.41, 5.74) is 6.18. The van der Waals surface area contributed by atoms with Crippen LogP contribution in [0.5, 0.6) is 0 Å². The number of hydrogen-bond acceptors (Lipinski definition) is 4. The van der Waals surface area contributed by atoms with Gasteiger partial charge in [0.25, 0.3) is 0 Å². The molecule has 238 valence electrons. The Bertz CT molecular complexity index is 2090. The van der Waals surface area contributed by atoms with E-state index in [1.165, 1.54) is 54.2 Å². The van der Waals surface area contributed by atoms with E-state index in [4.69, 9.17) is 9.47 Å². The molecule has 48 heavy (non-hydrogen) atoms. The minimum absolute atomic E-state index is 0. The van der Waals surface area contributed by atoms with Crippen LogP contribution in [0.1, 0.15) is 22.3 Å². The summed E-state index contributed by atoms with van der Waals surface area (Å²) < 4.78 is 12.6. The van der Waals surface area contributed by atoms with Gasteiger partial charge in [-0.05, 0) is 102 Å². The monoisotopic (exact) mass is 826 g/mol. The Morgan fingerprint density at radius 3 is 1.08 bits per heavy atom. The van der Waals surface area contributed by atoms with Crippen molar-refractivity contribution in [3.05, 3.63) is 168 Å². The first-order chi connectivity index (χ1) is 22.8. The first-order valence-electron chi connectivity index (χ1n) is 15.6. The maximum Gasteiger partial charge on any atom is 2.00 e. The molecule has 0 aliphatic heterocycles. The first kappa shape index (κ1) is 33.5. The third-order valence-electron chi connectivity index (χ3n) is 8.71. The summed E-state index contributed by atoms with van der Waals surface area (Å²) in [6, 6.07) is 46.7. The molecule has 0 bridgehead atoms. The zero-order chi connectivity index (χ0) is 30.7. The van der Waals surface area contributed by atoms with Crippen molar-refractivity contribution >= 4 is 43.1 Å². The number of pyridine rings is 2. The summed E-state index contributed by atoms with van der Waals surface area (Å²) in [4.78, 5) is 9.27. The van der Waals surface area contributed by atoms with Crippen LogP contribution in [-0.4, -0.2) is 9.97 Å². The molecule has 0 saturated carbocycles. The molecule has 4 nitrogen and oxygen atoms in total. The second kappa shape index (κ2) is 15.2. The molecule has 0 atom stereocenters. The van der Waals surface area contributed by atoms with Gasteiger partial charge in [0.05, 0.1) is 37.8 Å². The summed E-state index contributed by atoms with van der Waals surface area (Å²) in [5.74, 6) is 0. The van der Waals surface area contributed by atoms with E-state index >= 15 is 0 Å². The number of benzene rings is 6. The van der Waals surface area contributed by atoms with Crippen LogP contribution in [0, 0.1) is 0 Å². The van der Waals surface area contributed by atoms with Crippen molar-refractivity contribution in [2.45, 2.75) is 26.4 Å². The number of ether oxygens (including phenoxy) is 2. The van der Waals surface area contributed by atoms with Gasteiger partial charge in [0.1, 0.15) is 0 Å². The van der Waals surface area contributed by atoms with E-state index in [9.17, 15) is 0 Å². The average Bonchev–Trinajstić information content (AvgIpc) is 3.11. The largest absolute Gasteiger partial charge is 2.00 e. The maximum atomic E-state index is 6.32. The Morgan fingerprint density at radius 2 is 0.729 bits per heavy atom. The van der Waals surface area contributed by atoms with E-state index in [2.05, 4.69) is 131 Å². The molecule has 0 amide bonds. The van der Waals surface area contributed by atoms with Crippen molar-refractivity contribution in [2.75, 3.05) is 0 Å². The fourth-order valence-electron chi connectivity index (χ4n) is 6.48. The van der Waals surface area contributed by atoms with Crippen LogP contribution >= 0.6 is 0 Å². The zero-order valence-electron chi connectivity index (χ0n) is 26.1. The molecule has 2 aromatic heterocycles. The molecule has 2 heterocycles. The quantitative estimate of drug-likeness (QED) is 0.145. The van der Waals surface area contributed by atoms with E-state index in [0.29, 0.717) is 26.4 Å². The average molecular weight is 827 g/mol. The Balaban J connectivity index is 0.00000201. The molecule has 0 aliphatic carbocycles. The van der Waals surface area contributed by atoms with Gasteiger partial charge in [0.2, 0.25) is 0 Å². The van der Waals surface area contributed by atoms with Crippen LogP contribution < -0.4 is 12.4 Å². The van der Waals surface area contributed by atoms with Gasteiger partial charge < -0.3 is 21.9 Å². The topological polar surface area (TPSA) is 44.2 Å². The van der Waals surface area contributed by atoms with Crippen molar-refractivity contribution < 1.29 is 42.9 Å². The fourth-order valence-corrected chi connectivity index (χ4v) is 6.48. The Labute approximate surface area is 300 Å². The van der Waals surface area contributed by atoms with Crippen molar-refractivity contribution in [3.8, 4) is 11.4 Å². The van der Waals surface area contributed by atoms with E-state index in [-0.39, 0.29) is 33.5 Å². The first-order valence-corrected chi connectivity index (χ1v) is 15.6.